The van der Waals surface area contributed by atoms with Crippen LogP contribution >= 0.6 is 0 Å². The second-order valence-corrected chi connectivity index (χ2v) is 5.12. The summed E-state index contributed by atoms with van der Waals surface area (Å²) in [7, 11) is 0. The number of aromatic nitrogens is 2. The summed E-state index contributed by atoms with van der Waals surface area (Å²) in [6.07, 6.45) is 5.52. The van der Waals surface area contributed by atoms with Crippen molar-refractivity contribution in [1.82, 2.24) is 9.97 Å². The van der Waals surface area contributed by atoms with Gasteiger partial charge in [-0.1, -0.05) is 19.3 Å². The zero-order valence-corrected chi connectivity index (χ0v) is 11.5. The molecule has 9 heteroatoms. The van der Waals surface area contributed by atoms with Crippen LogP contribution in [-0.2, 0) is 4.79 Å². The number of nitrogens with zero attached hydrogens (tertiary/aromatic N) is 3. The molecule has 2 rings (SSSR count). The molecule has 1 aliphatic carbocycles. The van der Waals surface area contributed by atoms with Crippen molar-refractivity contribution in [2.45, 2.75) is 38.1 Å². The number of anilines is 2. The van der Waals surface area contributed by atoms with Crippen LogP contribution in [-0.4, -0.2) is 26.8 Å². The third kappa shape index (κ3) is 3.56. The summed E-state index contributed by atoms with van der Waals surface area (Å²) in [5.41, 5.74) is 10.6. The molecule has 1 amide bonds. The van der Waals surface area contributed by atoms with Crippen molar-refractivity contribution in [3.63, 3.8) is 0 Å². The summed E-state index contributed by atoms with van der Waals surface area (Å²) in [5.74, 6) is -0.685. The van der Waals surface area contributed by atoms with Crippen molar-refractivity contribution in [2.24, 2.45) is 11.7 Å². The number of hydrogen-bond donors (Lipinski definition) is 3. The minimum Gasteiger partial charge on any atom is -0.378 e. The van der Waals surface area contributed by atoms with Crippen molar-refractivity contribution < 1.29 is 9.72 Å². The van der Waals surface area contributed by atoms with Crippen molar-refractivity contribution >= 4 is 23.4 Å². The minimum atomic E-state index is -0.642. The largest absolute Gasteiger partial charge is 0.378 e. The summed E-state index contributed by atoms with van der Waals surface area (Å²) < 4.78 is 0. The Morgan fingerprint density at radius 3 is 2.71 bits per heavy atom. The number of carbonyl (C=O) groups excluding carboxylic acids is 1. The molecule has 1 aliphatic rings. The number of nitrogens with one attached hydrogen (secondary N) is 1. The van der Waals surface area contributed by atoms with Crippen molar-refractivity contribution in [2.75, 3.05) is 11.1 Å². The van der Waals surface area contributed by atoms with Crippen LogP contribution in [0.3, 0.4) is 0 Å². The lowest BCUT2D eigenvalue weighted by molar-refractivity contribution is -0.384. The van der Waals surface area contributed by atoms with Crippen LogP contribution in [0.2, 0.25) is 0 Å². The van der Waals surface area contributed by atoms with E-state index < -0.39 is 4.92 Å². The van der Waals surface area contributed by atoms with Gasteiger partial charge in [0.25, 0.3) is 0 Å². The SMILES string of the molecule is NC(=O)[C@H]1CCCCC[C@@H]1Nc1ncc([N+](=O)[O-])c(N)n1. The molecule has 0 unspecified atom stereocenters. The molecule has 0 spiro atoms. The minimum absolute atomic E-state index is 0.175. The van der Waals surface area contributed by atoms with E-state index in [9.17, 15) is 14.9 Å². The highest BCUT2D eigenvalue weighted by Crippen LogP contribution is 2.26. The number of amides is 1. The summed E-state index contributed by atoms with van der Waals surface area (Å²) in [6.45, 7) is 0. The lowest BCUT2D eigenvalue weighted by atomic mass is 9.94. The number of rotatable bonds is 4. The Morgan fingerprint density at radius 1 is 1.38 bits per heavy atom. The van der Waals surface area contributed by atoms with Gasteiger partial charge in [0.2, 0.25) is 17.7 Å². The molecule has 21 heavy (non-hydrogen) atoms. The Balaban J connectivity index is 2.16. The van der Waals surface area contributed by atoms with E-state index in [1.165, 1.54) is 0 Å². The van der Waals surface area contributed by atoms with E-state index in [2.05, 4.69) is 15.3 Å². The topological polar surface area (TPSA) is 150 Å². The summed E-state index contributed by atoms with van der Waals surface area (Å²) in [5, 5.41) is 13.7. The first-order valence-corrected chi connectivity index (χ1v) is 6.82. The number of carbonyl (C=O) groups is 1. The van der Waals surface area contributed by atoms with Gasteiger partial charge in [0.1, 0.15) is 6.20 Å². The molecular formula is C12H18N6O3. The predicted octanol–water partition coefficient (Wildman–Crippen LogP) is 0.813. The van der Waals surface area contributed by atoms with Crippen LogP contribution in [0.15, 0.2) is 6.20 Å². The highest BCUT2D eigenvalue weighted by Gasteiger charge is 2.29. The van der Waals surface area contributed by atoms with Gasteiger partial charge in [0.05, 0.1) is 10.8 Å². The quantitative estimate of drug-likeness (QED) is 0.422. The van der Waals surface area contributed by atoms with Gasteiger partial charge in [-0.25, -0.2) is 4.98 Å². The molecule has 0 saturated heterocycles. The Bertz CT molecular complexity index is 550. The number of nitrogens with two attached hydrogens (primary N) is 2. The van der Waals surface area contributed by atoms with Gasteiger partial charge in [-0.3, -0.25) is 14.9 Å². The molecule has 1 heterocycles. The van der Waals surface area contributed by atoms with Crippen LogP contribution in [0, 0.1) is 16.0 Å². The first-order valence-electron chi connectivity index (χ1n) is 6.82. The smallest absolute Gasteiger partial charge is 0.329 e. The van der Waals surface area contributed by atoms with Crippen LogP contribution in [0.1, 0.15) is 32.1 Å². The zero-order chi connectivity index (χ0) is 15.4. The third-order valence-corrected chi connectivity index (χ3v) is 3.69. The summed E-state index contributed by atoms with van der Waals surface area (Å²) in [6, 6.07) is -0.175. The monoisotopic (exact) mass is 294 g/mol. The van der Waals surface area contributed by atoms with E-state index in [4.69, 9.17) is 11.5 Å². The van der Waals surface area contributed by atoms with Gasteiger partial charge >= 0.3 is 5.69 Å². The molecule has 114 valence electrons. The van der Waals surface area contributed by atoms with E-state index >= 15 is 0 Å². The number of primary amides is 1. The van der Waals surface area contributed by atoms with Crippen LogP contribution in [0.4, 0.5) is 17.5 Å². The first kappa shape index (κ1) is 14.9. The van der Waals surface area contributed by atoms with Gasteiger partial charge in [-0.2, -0.15) is 4.98 Å². The maximum atomic E-state index is 11.5. The summed E-state index contributed by atoms with van der Waals surface area (Å²) >= 11 is 0. The number of nitro groups is 1. The molecule has 5 N–H and O–H groups in total. The molecule has 1 fully saturated rings. The van der Waals surface area contributed by atoms with Gasteiger partial charge < -0.3 is 16.8 Å². The van der Waals surface area contributed by atoms with E-state index in [1.54, 1.807) is 0 Å². The van der Waals surface area contributed by atoms with E-state index in [0.29, 0.717) is 0 Å². The zero-order valence-electron chi connectivity index (χ0n) is 11.5. The second-order valence-electron chi connectivity index (χ2n) is 5.12. The molecular weight excluding hydrogens is 276 g/mol. The fourth-order valence-corrected chi connectivity index (χ4v) is 2.59. The molecule has 0 bridgehead atoms. The normalized spacial score (nSPS) is 22.3. The molecule has 0 aromatic carbocycles. The Hall–Kier alpha value is -2.45. The predicted molar refractivity (Wildman–Crippen MR) is 76.3 cm³/mol. The maximum Gasteiger partial charge on any atom is 0.329 e. The van der Waals surface area contributed by atoms with E-state index in [-0.39, 0.29) is 35.3 Å². The van der Waals surface area contributed by atoms with Gasteiger partial charge in [0.15, 0.2) is 0 Å². The molecule has 1 aromatic rings. The first-order chi connectivity index (χ1) is 9.99. The van der Waals surface area contributed by atoms with E-state index in [1.807, 2.05) is 0 Å². The maximum absolute atomic E-state index is 11.5. The van der Waals surface area contributed by atoms with Crippen LogP contribution in [0.25, 0.3) is 0 Å². The van der Waals surface area contributed by atoms with Crippen LogP contribution in [0.5, 0.6) is 0 Å². The van der Waals surface area contributed by atoms with Crippen molar-refractivity contribution in [1.29, 1.82) is 0 Å². The second kappa shape index (κ2) is 6.33. The van der Waals surface area contributed by atoms with Crippen molar-refractivity contribution in [3.05, 3.63) is 16.3 Å². The molecule has 0 aliphatic heterocycles. The van der Waals surface area contributed by atoms with Crippen LogP contribution < -0.4 is 16.8 Å². The average Bonchev–Trinajstić information content (AvgIpc) is 2.63. The average molecular weight is 294 g/mol. The third-order valence-electron chi connectivity index (χ3n) is 3.69. The Morgan fingerprint density at radius 2 is 2.10 bits per heavy atom. The fourth-order valence-electron chi connectivity index (χ4n) is 2.59. The molecule has 9 nitrogen and oxygen atoms in total. The molecule has 1 saturated carbocycles. The number of hydrogen-bond acceptors (Lipinski definition) is 7. The van der Waals surface area contributed by atoms with Crippen molar-refractivity contribution in [3.8, 4) is 0 Å². The molecule has 0 radical (unpaired) electrons. The Labute approximate surface area is 121 Å². The fraction of sp³-hybridized carbons (Fsp3) is 0.583. The highest BCUT2D eigenvalue weighted by atomic mass is 16.6. The standard InChI is InChI=1S/C12H18N6O3/c13-10-9(18(20)21)6-15-12(17-10)16-8-5-3-1-2-4-7(8)11(14)19/h6-8H,1-5H2,(H2,14,19)(H3,13,15,16,17)/t7-,8-/m0/s1. The highest BCUT2D eigenvalue weighted by molar-refractivity contribution is 5.78. The Kier molecular flexibility index (Phi) is 4.51. The lowest BCUT2D eigenvalue weighted by Crippen LogP contribution is -2.38. The molecule has 2 atom stereocenters. The van der Waals surface area contributed by atoms with Gasteiger partial charge in [0, 0.05) is 6.04 Å². The van der Waals surface area contributed by atoms with E-state index in [0.717, 1.165) is 38.3 Å². The lowest BCUT2D eigenvalue weighted by Gasteiger charge is -2.23. The molecule has 1 aromatic heterocycles. The van der Waals surface area contributed by atoms with Gasteiger partial charge in [-0.05, 0) is 12.8 Å². The van der Waals surface area contributed by atoms with Gasteiger partial charge in [-0.15, -0.1) is 0 Å². The number of nitrogen functional groups attached to an aromatic ring is 1. The summed E-state index contributed by atoms with van der Waals surface area (Å²) in [4.78, 5) is 29.3.